The Morgan fingerprint density at radius 2 is 2.07 bits per heavy atom. The average Bonchev–Trinajstić information content (AvgIpc) is 2.79. The summed E-state index contributed by atoms with van der Waals surface area (Å²) in [4.78, 5) is 12.5. The highest BCUT2D eigenvalue weighted by molar-refractivity contribution is 9.10. The highest BCUT2D eigenvalue weighted by Crippen LogP contribution is 2.40. The highest BCUT2D eigenvalue weighted by Gasteiger charge is 2.32. The number of benzene rings is 2. The number of fused-ring (bicyclic) bond motifs is 1. The van der Waals surface area contributed by atoms with Gasteiger partial charge in [0.25, 0.3) is 0 Å². The van der Waals surface area contributed by atoms with Crippen molar-refractivity contribution in [3.8, 4) is 5.75 Å². The molecule has 5 nitrogen and oxygen atoms in total. The first-order chi connectivity index (χ1) is 13.4. The van der Waals surface area contributed by atoms with Crippen LogP contribution in [-0.2, 0) is 14.3 Å². The quantitative estimate of drug-likeness (QED) is 0.500. The molecule has 0 spiro atoms. The van der Waals surface area contributed by atoms with Gasteiger partial charge in [-0.2, -0.15) is 0 Å². The number of methoxy groups -OCH3 is 1. The van der Waals surface area contributed by atoms with Crippen LogP contribution in [0.1, 0.15) is 36.1 Å². The van der Waals surface area contributed by atoms with E-state index in [0.717, 1.165) is 32.6 Å². The van der Waals surface area contributed by atoms with Crippen molar-refractivity contribution < 1.29 is 19.0 Å². The monoisotopic (exact) mass is 463 g/mol. The Hall–Kier alpha value is -1.96. The molecule has 2 aromatic carbocycles. The number of halogens is 1. The van der Waals surface area contributed by atoms with Gasteiger partial charge < -0.3 is 19.5 Å². The minimum absolute atomic E-state index is 0.0499. The Morgan fingerprint density at radius 1 is 1.29 bits per heavy atom. The number of anilines is 1. The SMILES string of the molecule is CCOC(=O)C[C@H]1O[C@H](c2cccc(OC)c2C)c2cc(Br)ccc2NC1=S. The maximum atomic E-state index is 12.1. The number of hydrogen-bond acceptors (Lipinski definition) is 5. The molecule has 28 heavy (non-hydrogen) atoms. The third-order valence-electron chi connectivity index (χ3n) is 4.63. The van der Waals surface area contributed by atoms with E-state index < -0.39 is 12.2 Å². The lowest BCUT2D eigenvalue weighted by Crippen LogP contribution is -2.31. The highest BCUT2D eigenvalue weighted by atomic mass is 79.9. The van der Waals surface area contributed by atoms with Crippen LogP contribution in [0.3, 0.4) is 0 Å². The summed E-state index contributed by atoms with van der Waals surface area (Å²) in [7, 11) is 1.64. The smallest absolute Gasteiger partial charge is 0.308 e. The molecule has 148 valence electrons. The normalized spacial score (nSPS) is 18.6. The first-order valence-electron chi connectivity index (χ1n) is 8.99. The average molecular weight is 464 g/mol. The number of esters is 1. The van der Waals surface area contributed by atoms with Crippen LogP contribution in [0.2, 0.25) is 0 Å². The summed E-state index contributed by atoms with van der Waals surface area (Å²) in [5.41, 5.74) is 3.72. The maximum absolute atomic E-state index is 12.1. The predicted octanol–water partition coefficient (Wildman–Crippen LogP) is 4.95. The topological polar surface area (TPSA) is 56.8 Å². The molecule has 0 saturated heterocycles. The second-order valence-corrected chi connectivity index (χ2v) is 7.76. The van der Waals surface area contributed by atoms with Crippen LogP contribution in [0.25, 0.3) is 0 Å². The maximum Gasteiger partial charge on any atom is 0.308 e. The first kappa shape index (κ1) is 20.8. The number of rotatable bonds is 5. The molecule has 0 saturated carbocycles. The van der Waals surface area contributed by atoms with E-state index in [1.54, 1.807) is 14.0 Å². The number of carbonyl (C=O) groups is 1. The van der Waals surface area contributed by atoms with Gasteiger partial charge in [-0.25, -0.2) is 0 Å². The molecule has 2 atom stereocenters. The molecule has 2 aromatic rings. The number of hydrogen-bond donors (Lipinski definition) is 1. The van der Waals surface area contributed by atoms with Gasteiger partial charge in [0.1, 0.15) is 22.9 Å². The van der Waals surface area contributed by atoms with E-state index in [9.17, 15) is 4.79 Å². The molecule has 1 N–H and O–H groups in total. The molecule has 0 fully saturated rings. The van der Waals surface area contributed by atoms with Crippen molar-refractivity contribution in [1.82, 2.24) is 0 Å². The van der Waals surface area contributed by atoms with Gasteiger partial charge >= 0.3 is 5.97 Å². The summed E-state index contributed by atoms with van der Waals surface area (Å²) in [6.45, 7) is 4.09. The molecule has 3 rings (SSSR count). The Balaban J connectivity index is 2.08. The molecular weight excluding hydrogens is 442 g/mol. The van der Waals surface area contributed by atoms with Gasteiger partial charge in [0, 0.05) is 15.7 Å². The van der Waals surface area contributed by atoms with Gasteiger partial charge in [-0.15, -0.1) is 0 Å². The van der Waals surface area contributed by atoms with E-state index in [2.05, 4.69) is 21.2 Å². The fourth-order valence-electron chi connectivity index (χ4n) is 3.27. The fraction of sp³-hybridized carbons (Fsp3) is 0.333. The predicted molar refractivity (Wildman–Crippen MR) is 116 cm³/mol. The second kappa shape index (κ2) is 9.03. The van der Waals surface area contributed by atoms with E-state index in [4.69, 9.17) is 26.4 Å². The van der Waals surface area contributed by atoms with Crippen molar-refractivity contribution in [3.05, 3.63) is 57.6 Å². The van der Waals surface area contributed by atoms with E-state index in [0.29, 0.717) is 11.6 Å². The van der Waals surface area contributed by atoms with Gasteiger partial charge in [0.2, 0.25) is 0 Å². The molecule has 0 aromatic heterocycles. The van der Waals surface area contributed by atoms with Crippen LogP contribution in [0.5, 0.6) is 5.75 Å². The number of thiocarbonyl (C=S) groups is 1. The molecule has 7 heteroatoms. The minimum Gasteiger partial charge on any atom is -0.496 e. The van der Waals surface area contributed by atoms with E-state index in [1.807, 2.05) is 43.3 Å². The van der Waals surface area contributed by atoms with Gasteiger partial charge in [-0.05, 0) is 49.2 Å². The molecule has 0 unspecified atom stereocenters. The molecule has 1 aliphatic heterocycles. The Labute approximate surface area is 178 Å². The lowest BCUT2D eigenvalue weighted by Gasteiger charge is -2.24. The van der Waals surface area contributed by atoms with Crippen LogP contribution in [0, 0.1) is 6.92 Å². The lowest BCUT2D eigenvalue weighted by atomic mass is 9.95. The van der Waals surface area contributed by atoms with E-state index >= 15 is 0 Å². The third kappa shape index (κ3) is 4.37. The lowest BCUT2D eigenvalue weighted by molar-refractivity contribution is -0.145. The van der Waals surface area contributed by atoms with Gasteiger partial charge in [-0.1, -0.05) is 40.3 Å². The number of ether oxygens (including phenoxy) is 3. The van der Waals surface area contributed by atoms with Crippen molar-refractivity contribution in [2.24, 2.45) is 0 Å². The Morgan fingerprint density at radius 3 is 2.79 bits per heavy atom. The molecule has 1 heterocycles. The fourth-order valence-corrected chi connectivity index (χ4v) is 3.89. The van der Waals surface area contributed by atoms with Crippen LogP contribution >= 0.6 is 28.1 Å². The van der Waals surface area contributed by atoms with Gasteiger partial charge in [0.15, 0.2) is 0 Å². The van der Waals surface area contributed by atoms with Crippen molar-refractivity contribution in [2.45, 2.75) is 32.5 Å². The third-order valence-corrected chi connectivity index (χ3v) is 5.49. The Bertz CT molecular complexity index is 902. The zero-order chi connectivity index (χ0) is 20.3. The van der Waals surface area contributed by atoms with Crippen molar-refractivity contribution >= 4 is 44.8 Å². The van der Waals surface area contributed by atoms with Crippen LogP contribution in [-0.4, -0.2) is 30.8 Å². The van der Waals surface area contributed by atoms with Crippen molar-refractivity contribution in [3.63, 3.8) is 0 Å². The van der Waals surface area contributed by atoms with E-state index in [1.165, 1.54) is 0 Å². The molecule has 0 bridgehead atoms. The largest absolute Gasteiger partial charge is 0.496 e. The zero-order valence-corrected chi connectivity index (χ0v) is 18.4. The summed E-state index contributed by atoms with van der Waals surface area (Å²) in [5, 5.41) is 3.24. The zero-order valence-electron chi connectivity index (χ0n) is 16.0. The first-order valence-corrected chi connectivity index (χ1v) is 10.2. The summed E-state index contributed by atoms with van der Waals surface area (Å²) < 4.78 is 17.9. The van der Waals surface area contributed by atoms with E-state index in [-0.39, 0.29) is 12.4 Å². The van der Waals surface area contributed by atoms with Gasteiger partial charge in [-0.3, -0.25) is 4.79 Å². The molecule has 0 aliphatic carbocycles. The van der Waals surface area contributed by atoms with Crippen LogP contribution in [0.4, 0.5) is 5.69 Å². The summed E-state index contributed by atoms with van der Waals surface area (Å²) in [5.74, 6) is 0.435. The van der Waals surface area contributed by atoms with Crippen molar-refractivity contribution in [1.29, 1.82) is 0 Å². The second-order valence-electron chi connectivity index (χ2n) is 6.41. The number of carbonyl (C=O) groups excluding carboxylic acids is 1. The summed E-state index contributed by atoms with van der Waals surface area (Å²) in [6, 6.07) is 11.7. The minimum atomic E-state index is -0.601. The van der Waals surface area contributed by atoms with Gasteiger partial charge in [0.05, 0.1) is 20.1 Å². The Kier molecular flexibility index (Phi) is 6.69. The number of nitrogens with one attached hydrogen (secondary N) is 1. The van der Waals surface area contributed by atoms with Crippen molar-refractivity contribution in [2.75, 3.05) is 19.0 Å². The molecule has 0 amide bonds. The molecule has 1 aliphatic rings. The molecular formula is C21H22BrNO4S. The summed E-state index contributed by atoms with van der Waals surface area (Å²) >= 11 is 9.07. The van der Waals surface area contributed by atoms with Crippen LogP contribution in [0.15, 0.2) is 40.9 Å². The van der Waals surface area contributed by atoms with Crippen LogP contribution < -0.4 is 10.1 Å². The standard InChI is InChI=1S/C21H22BrNO4S/c1-4-26-19(24)11-18-21(28)23-16-9-8-13(22)10-15(16)20(27-18)14-6-5-7-17(25-3)12(14)2/h5-10,18,20H,4,11H2,1-3H3,(H,23,28)/t18-,20-/m1/s1. The summed E-state index contributed by atoms with van der Waals surface area (Å²) in [6.07, 6.45) is -0.972. The molecule has 0 radical (unpaired) electrons.